The van der Waals surface area contributed by atoms with Gasteiger partial charge in [-0.05, 0) is 60.9 Å². The van der Waals surface area contributed by atoms with E-state index in [0.29, 0.717) is 18.1 Å². The molecular weight excluding hydrogens is 603 g/mol. The highest BCUT2D eigenvalue weighted by Crippen LogP contribution is 2.38. The van der Waals surface area contributed by atoms with Crippen LogP contribution in [0, 0.1) is 5.92 Å². The molecule has 1 heterocycles. The maximum atomic E-state index is 13.5. The number of methoxy groups -OCH3 is 1. The molecule has 1 aromatic heterocycles. The average molecular weight is 654 g/mol. The van der Waals surface area contributed by atoms with E-state index < -0.39 is 34.1 Å². The molecule has 0 unspecified atom stereocenters. The van der Waals surface area contributed by atoms with Gasteiger partial charge in [0.25, 0.3) is 8.32 Å². The van der Waals surface area contributed by atoms with E-state index in [0.717, 1.165) is 25.7 Å². The predicted molar refractivity (Wildman–Crippen MR) is 182 cm³/mol. The van der Waals surface area contributed by atoms with Crippen LogP contribution in [-0.4, -0.2) is 58.0 Å². The van der Waals surface area contributed by atoms with E-state index in [1.165, 1.54) is 24.2 Å². The average Bonchev–Trinajstić information content (AvgIpc) is 3.47. The summed E-state index contributed by atoms with van der Waals surface area (Å²) in [4.78, 5) is 13.5. The van der Waals surface area contributed by atoms with Gasteiger partial charge in [-0.15, -0.1) is 0 Å². The van der Waals surface area contributed by atoms with Gasteiger partial charge in [0.05, 0.1) is 24.0 Å². The minimum atomic E-state index is -3.68. The first kappa shape index (κ1) is 35.3. The lowest BCUT2D eigenvalue weighted by Crippen LogP contribution is -2.67. The topological polar surface area (TPSA) is 95.7 Å². The smallest absolute Gasteiger partial charge is 0.261 e. The molecule has 3 aromatic rings. The van der Waals surface area contributed by atoms with Crippen LogP contribution in [0.4, 0.5) is 0 Å². The number of carbonyl (C=O) groups excluding carboxylic acids is 1. The van der Waals surface area contributed by atoms with Crippen LogP contribution in [0.1, 0.15) is 85.6 Å². The van der Waals surface area contributed by atoms with Gasteiger partial charge in [-0.3, -0.25) is 4.79 Å². The number of Topliss-reactive ketones (excluding diaryl/α,β-unsaturated/α-hetero) is 1. The van der Waals surface area contributed by atoms with E-state index in [1.54, 1.807) is 13.2 Å². The maximum absolute atomic E-state index is 13.5. The van der Waals surface area contributed by atoms with Crippen molar-refractivity contribution in [2.24, 2.45) is 5.92 Å². The molecule has 0 amide bonds. The Hall–Kier alpha value is -2.59. The summed E-state index contributed by atoms with van der Waals surface area (Å²) >= 11 is 0. The van der Waals surface area contributed by atoms with Crippen molar-refractivity contribution in [1.29, 1.82) is 0 Å². The van der Waals surface area contributed by atoms with Gasteiger partial charge in [-0.1, -0.05) is 100 Å². The Morgan fingerprint density at radius 1 is 0.889 bits per heavy atom. The molecule has 0 aliphatic heterocycles. The van der Waals surface area contributed by atoms with E-state index in [1.807, 2.05) is 12.1 Å². The van der Waals surface area contributed by atoms with Gasteiger partial charge < -0.3 is 13.7 Å². The first-order valence-electron chi connectivity index (χ1n) is 16.0. The van der Waals surface area contributed by atoms with Gasteiger partial charge >= 0.3 is 0 Å². The number of ketones is 1. The monoisotopic (exact) mass is 653 g/mol. The first-order valence-corrected chi connectivity index (χ1v) is 19.6. The molecule has 0 atom stereocenters. The molecule has 1 fully saturated rings. The van der Waals surface area contributed by atoms with Gasteiger partial charge in [0, 0.05) is 25.2 Å². The molecule has 0 saturated heterocycles. The van der Waals surface area contributed by atoms with E-state index in [2.05, 4.69) is 88.3 Å². The van der Waals surface area contributed by atoms with E-state index >= 15 is 0 Å². The van der Waals surface area contributed by atoms with Crippen molar-refractivity contribution >= 4 is 34.3 Å². The van der Waals surface area contributed by atoms with Gasteiger partial charge in [0.1, 0.15) is 10.5 Å². The van der Waals surface area contributed by atoms with Crippen LogP contribution in [0.2, 0.25) is 5.04 Å². The van der Waals surface area contributed by atoms with E-state index in [9.17, 15) is 13.2 Å². The first-order chi connectivity index (χ1) is 21.0. The number of aromatic nitrogens is 1. The fourth-order valence-electron chi connectivity index (χ4n) is 6.44. The summed E-state index contributed by atoms with van der Waals surface area (Å²) in [7, 11) is -4.76. The minimum absolute atomic E-state index is 0.0104. The molecule has 4 rings (SSSR count). The van der Waals surface area contributed by atoms with E-state index in [-0.39, 0.29) is 29.2 Å². The third-order valence-corrected chi connectivity index (χ3v) is 17.4. The van der Waals surface area contributed by atoms with Crippen molar-refractivity contribution in [1.82, 2.24) is 5.16 Å². The minimum Gasteiger partial charge on any atom is -0.406 e. The summed E-state index contributed by atoms with van der Waals surface area (Å²) in [6.45, 7) is 14.3. The Morgan fingerprint density at radius 2 is 1.42 bits per heavy atom. The molecule has 2 aromatic carbocycles. The maximum Gasteiger partial charge on any atom is 0.261 e. The quantitative estimate of drug-likeness (QED) is 0.208. The fourth-order valence-corrected chi connectivity index (χ4v) is 13.0. The van der Waals surface area contributed by atoms with Crippen molar-refractivity contribution < 1.29 is 26.9 Å². The number of sulfone groups is 1. The molecular formula is C36H51NO6SSi. The molecule has 0 radical (unpaired) electrons. The third kappa shape index (κ3) is 7.53. The normalized spacial score (nSPS) is 18.6. The second-order valence-corrected chi connectivity index (χ2v) is 21.7. The molecule has 1 aliphatic rings. The van der Waals surface area contributed by atoms with Crippen LogP contribution in [-0.2, 0) is 35.6 Å². The number of hydrogen-bond acceptors (Lipinski definition) is 7. The second kappa shape index (κ2) is 13.6. The highest BCUT2D eigenvalue weighted by atomic mass is 32.2. The number of carbonyl (C=O) groups is 1. The molecule has 7 nitrogen and oxygen atoms in total. The van der Waals surface area contributed by atoms with Crippen molar-refractivity contribution in [3.63, 3.8) is 0 Å². The van der Waals surface area contributed by atoms with Crippen LogP contribution in [0.5, 0.6) is 0 Å². The van der Waals surface area contributed by atoms with Crippen LogP contribution < -0.4 is 10.4 Å². The molecule has 246 valence electrons. The van der Waals surface area contributed by atoms with Gasteiger partial charge in [0.15, 0.2) is 15.6 Å². The Balaban J connectivity index is 1.51. The van der Waals surface area contributed by atoms with Crippen LogP contribution in [0.3, 0.4) is 0 Å². The molecule has 9 heteroatoms. The summed E-state index contributed by atoms with van der Waals surface area (Å²) in [6.07, 6.45) is 3.33. The number of benzene rings is 2. The number of nitrogens with zero attached hydrogens (tertiary/aromatic N) is 1. The molecule has 1 aliphatic carbocycles. The zero-order chi connectivity index (χ0) is 33.1. The molecule has 0 bridgehead atoms. The second-order valence-electron chi connectivity index (χ2n) is 14.8. The largest absolute Gasteiger partial charge is 0.406 e. The zero-order valence-electron chi connectivity index (χ0n) is 28.3. The molecule has 45 heavy (non-hydrogen) atoms. The lowest BCUT2D eigenvalue weighted by molar-refractivity contribution is -0.120. The number of hydrogen-bond donors (Lipinski definition) is 0. The summed E-state index contributed by atoms with van der Waals surface area (Å²) < 4.78 is 43.6. The third-order valence-electron chi connectivity index (χ3n) is 9.68. The number of ether oxygens (including phenoxy) is 1. The fraction of sp³-hybridized carbons (Fsp3) is 0.556. The van der Waals surface area contributed by atoms with E-state index in [4.69, 9.17) is 13.7 Å². The van der Waals surface area contributed by atoms with Gasteiger partial charge in [-0.25, -0.2) is 8.42 Å². The molecule has 0 N–H and O–H groups in total. The van der Waals surface area contributed by atoms with Gasteiger partial charge in [0.2, 0.25) is 0 Å². The zero-order valence-corrected chi connectivity index (χ0v) is 30.1. The van der Waals surface area contributed by atoms with Crippen LogP contribution >= 0.6 is 0 Å². The molecule has 0 spiro atoms. The summed E-state index contributed by atoms with van der Waals surface area (Å²) in [6, 6.07) is 22.7. The van der Waals surface area contributed by atoms with Crippen molar-refractivity contribution in [2.45, 2.75) is 102 Å². The Bertz CT molecular complexity index is 1480. The Morgan fingerprint density at radius 3 is 1.91 bits per heavy atom. The van der Waals surface area contributed by atoms with Crippen molar-refractivity contribution in [2.75, 3.05) is 19.5 Å². The van der Waals surface area contributed by atoms with Crippen molar-refractivity contribution in [3.05, 3.63) is 78.2 Å². The lowest BCUT2D eigenvalue weighted by Gasteiger charge is -2.44. The summed E-state index contributed by atoms with van der Waals surface area (Å²) in [5.41, 5.74) is 0.124. The Kier molecular flexibility index (Phi) is 10.7. The van der Waals surface area contributed by atoms with Crippen LogP contribution in [0.25, 0.3) is 0 Å². The standard InChI is InChI=1S/C36H51NO6SSi/c1-34(2,3)45(30-15-11-9-12-16-30,31-17-13-10-14-18-31)42-26-35(4,5)32-23-29(43-37-32)24-33(38)36(6,7)44(39,40)25-27-19-21-28(41-8)22-20-27/h9-18,23,27-28H,19-22,24-26H2,1-8H3. The SMILES string of the molecule is COC1CCC(CS(=O)(=O)C(C)(C)C(=O)Cc2cc(C(C)(C)CO[Si](c3ccccc3)(c3ccccc3)C(C)(C)C)no2)CC1. The highest BCUT2D eigenvalue weighted by molar-refractivity contribution is 7.93. The summed E-state index contributed by atoms with van der Waals surface area (Å²) in [5, 5.41) is 6.57. The molecule has 1 saturated carbocycles. The highest BCUT2D eigenvalue weighted by Gasteiger charge is 2.51. The van der Waals surface area contributed by atoms with Gasteiger partial charge in [-0.2, -0.15) is 0 Å². The lowest BCUT2D eigenvalue weighted by atomic mass is 9.89. The number of rotatable bonds is 13. The predicted octanol–water partition coefficient (Wildman–Crippen LogP) is 6.04. The van der Waals surface area contributed by atoms with Crippen LogP contribution in [0.15, 0.2) is 71.3 Å². The Labute approximate surface area is 271 Å². The van der Waals surface area contributed by atoms with Crippen molar-refractivity contribution in [3.8, 4) is 0 Å². The summed E-state index contributed by atoms with van der Waals surface area (Å²) in [5.74, 6) is 0.0208.